The van der Waals surface area contributed by atoms with Crippen LogP contribution in [-0.4, -0.2) is 39.4 Å². The highest BCUT2D eigenvalue weighted by Gasteiger charge is 2.51. The molecule has 0 unspecified atom stereocenters. The number of benzene rings is 1. The van der Waals surface area contributed by atoms with Crippen molar-refractivity contribution >= 4 is 16.0 Å². The Hall–Kier alpha value is -1.40. The average molecular weight is 378 g/mol. The molecule has 0 aliphatic heterocycles. The van der Waals surface area contributed by atoms with Gasteiger partial charge in [0, 0.05) is 19.5 Å². The van der Waals surface area contributed by atoms with Crippen molar-refractivity contribution in [3.63, 3.8) is 0 Å². The summed E-state index contributed by atoms with van der Waals surface area (Å²) >= 11 is 0. The maximum absolute atomic E-state index is 12.5. The molecule has 0 N–H and O–H groups in total. The lowest BCUT2D eigenvalue weighted by molar-refractivity contribution is -0.0848. The number of carbonyl (C=O) groups excluding carboxylic acids is 1. The molecule has 1 aromatic carbocycles. The number of ether oxygens (including phenoxy) is 1. The van der Waals surface area contributed by atoms with Crippen molar-refractivity contribution in [3.8, 4) is 0 Å². The lowest BCUT2D eigenvalue weighted by Crippen LogP contribution is -2.48. The molecule has 0 radical (unpaired) electrons. The van der Waals surface area contributed by atoms with Crippen molar-refractivity contribution in [3.05, 3.63) is 29.8 Å². The van der Waals surface area contributed by atoms with E-state index in [1.807, 2.05) is 0 Å². The van der Waals surface area contributed by atoms with E-state index in [-0.39, 0.29) is 16.3 Å². The first-order valence-corrected chi connectivity index (χ1v) is 10.9. The van der Waals surface area contributed by atoms with E-state index in [0.29, 0.717) is 12.2 Å². The van der Waals surface area contributed by atoms with Crippen molar-refractivity contribution in [1.29, 1.82) is 0 Å². The molecular weight excluding hydrogens is 350 g/mol. The summed E-state index contributed by atoms with van der Waals surface area (Å²) in [6.07, 6.45) is 7.71. The lowest BCUT2D eigenvalue weighted by Gasteiger charge is -2.56. The Labute approximate surface area is 155 Å². The van der Waals surface area contributed by atoms with Crippen molar-refractivity contribution in [2.75, 3.05) is 20.7 Å². The van der Waals surface area contributed by atoms with Gasteiger partial charge in [0.05, 0.1) is 17.1 Å². The molecule has 0 amide bonds. The van der Waals surface area contributed by atoms with Gasteiger partial charge in [0.2, 0.25) is 10.0 Å². The number of hydrogen-bond acceptors (Lipinski definition) is 4. The van der Waals surface area contributed by atoms with Crippen molar-refractivity contribution in [2.45, 2.75) is 43.4 Å². The van der Waals surface area contributed by atoms with E-state index in [4.69, 9.17) is 4.74 Å². The maximum atomic E-state index is 12.5. The summed E-state index contributed by atoms with van der Waals surface area (Å²) in [7, 11) is -0.503. The predicted octanol–water partition coefficient (Wildman–Crippen LogP) is 3.31. The van der Waals surface area contributed by atoms with Crippen molar-refractivity contribution in [1.82, 2.24) is 4.31 Å². The molecule has 0 aromatic heterocycles. The third-order valence-corrected chi connectivity index (χ3v) is 8.37. The van der Waals surface area contributed by atoms with E-state index in [2.05, 4.69) is 0 Å². The minimum absolute atomic E-state index is 0.181. The minimum atomic E-state index is -3.48. The van der Waals surface area contributed by atoms with E-state index >= 15 is 0 Å². The number of nitrogens with zero attached hydrogens (tertiary/aromatic N) is 1. The predicted molar refractivity (Wildman–Crippen MR) is 98.2 cm³/mol. The molecule has 5 nitrogen and oxygen atoms in total. The summed E-state index contributed by atoms with van der Waals surface area (Å²) in [6.45, 7) is 0.507. The standard InChI is InChI=1S/C20H27NO4S/c1-21(2)26(23,24)18-5-3-17(4-6-18)19(22)25-13-20-10-14-7-15(11-20)9-16(8-14)12-20/h3-6,14-16H,7-13H2,1-2H3. The second kappa shape index (κ2) is 6.34. The van der Waals surface area contributed by atoms with Crippen LogP contribution in [0.3, 0.4) is 0 Å². The van der Waals surface area contributed by atoms with Crippen LogP contribution >= 0.6 is 0 Å². The van der Waals surface area contributed by atoms with Gasteiger partial charge in [-0.25, -0.2) is 17.5 Å². The fraction of sp³-hybridized carbons (Fsp3) is 0.650. The third kappa shape index (κ3) is 3.18. The van der Waals surface area contributed by atoms with Gasteiger partial charge in [-0.2, -0.15) is 0 Å². The van der Waals surface area contributed by atoms with E-state index in [1.165, 1.54) is 64.8 Å². The van der Waals surface area contributed by atoms with Crippen LogP contribution in [0.1, 0.15) is 48.9 Å². The zero-order chi connectivity index (χ0) is 18.5. The van der Waals surface area contributed by atoms with Gasteiger partial charge in [-0.15, -0.1) is 0 Å². The first kappa shape index (κ1) is 18.0. The SMILES string of the molecule is CN(C)S(=O)(=O)c1ccc(C(=O)OCC23CC4CC(CC(C4)C2)C3)cc1. The molecule has 0 spiro atoms. The molecule has 1 aromatic rings. The largest absolute Gasteiger partial charge is 0.462 e. The second-order valence-electron chi connectivity index (χ2n) is 8.81. The zero-order valence-corrected chi connectivity index (χ0v) is 16.3. The highest BCUT2D eigenvalue weighted by atomic mass is 32.2. The summed E-state index contributed by atoms with van der Waals surface area (Å²) in [6, 6.07) is 6.02. The number of carbonyl (C=O) groups is 1. The van der Waals surface area contributed by atoms with E-state index in [9.17, 15) is 13.2 Å². The van der Waals surface area contributed by atoms with Crippen LogP contribution in [0.5, 0.6) is 0 Å². The van der Waals surface area contributed by atoms with Crippen molar-refractivity contribution in [2.24, 2.45) is 23.2 Å². The van der Waals surface area contributed by atoms with Crippen molar-refractivity contribution < 1.29 is 17.9 Å². The van der Waals surface area contributed by atoms with Gasteiger partial charge in [0.15, 0.2) is 0 Å². The highest BCUT2D eigenvalue weighted by Crippen LogP contribution is 2.60. The van der Waals surface area contributed by atoms with Gasteiger partial charge in [-0.3, -0.25) is 0 Å². The first-order chi connectivity index (χ1) is 12.3. The monoisotopic (exact) mass is 377 g/mol. The molecule has 5 rings (SSSR count). The third-order valence-electron chi connectivity index (χ3n) is 6.54. The molecule has 0 atom stereocenters. The quantitative estimate of drug-likeness (QED) is 0.739. The van der Waals surface area contributed by atoms with Gasteiger partial charge in [0.1, 0.15) is 0 Å². The molecule has 26 heavy (non-hydrogen) atoms. The summed E-state index contributed by atoms with van der Waals surface area (Å²) < 4.78 is 31.1. The summed E-state index contributed by atoms with van der Waals surface area (Å²) in [5.41, 5.74) is 0.603. The molecule has 0 saturated heterocycles. The Balaban J connectivity index is 1.41. The van der Waals surface area contributed by atoms with Crippen LogP contribution in [0.4, 0.5) is 0 Å². The fourth-order valence-electron chi connectivity index (χ4n) is 5.74. The van der Waals surface area contributed by atoms with Crippen LogP contribution in [-0.2, 0) is 14.8 Å². The van der Waals surface area contributed by atoms with Gasteiger partial charge in [-0.1, -0.05) is 0 Å². The molecule has 4 aliphatic rings. The van der Waals surface area contributed by atoms with E-state index in [0.717, 1.165) is 22.1 Å². The summed E-state index contributed by atoms with van der Waals surface area (Å²) in [5.74, 6) is 2.14. The van der Waals surface area contributed by atoms with Gasteiger partial charge >= 0.3 is 5.97 Å². The van der Waals surface area contributed by atoms with Crippen LogP contribution in [0, 0.1) is 23.2 Å². The Bertz CT molecular complexity index is 762. The number of hydrogen-bond donors (Lipinski definition) is 0. The van der Waals surface area contributed by atoms with Gasteiger partial charge in [0.25, 0.3) is 0 Å². The fourth-order valence-corrected chi connectivity index (χ4v) is 6.64. The Morgan fingerprint density at radius 2 is 1.54 bits per heavy atom. The summed E-state index contributed by atoms with van der Waals surface area (Å²) in [5, 5.41) is 0. The molecule has 4 saturated carbocycles. The van der Waals surface area contributed by atoms with Gasteiger partial charge < -0.3 is 4.74 Å². The average Bonchev–Trinajstić information content (AvgIpc) is 2.58. The molecule has 0 heterocycles. The van der Waals surface area contributed by atoms with E-state index < -0.39 is 10.0 Å². The summed E-state index contributed by atoms with van der Waals surface area (Å²) in [4.78, 5) is 12.6. The zero-order valence-electron chi connectivity index (χ0n) is 15.5. The maximum Gasteiger partial charge on any atom is 0.338 e. The van der Waals surface area contributed by atoms with E-state index in [1.54, 1.807) is 12.1 Å². The second-order valence-corrected chi connectivity index (χ2v) is 11.0. The Kier molecular flexibility index (Phi) is 4.39. The Morgan fingerprint density at radius 3 is 2.00 bits per heavy atom. The molecule has 142 valence electrons. The molecule has 4 aliphatic carbocycles. The molecule has 6 heteroatoms. The van der Waals surface area contributed by atoms with Gasteiger partial charge in [-0.05, 0) is 80.5 Å². The molecule has 4 bridgehead atoms. The van der Waals surface area contributed by atoms with Crippen LogP contribution in [0.25, 0.3) is 0 Å². The topological polar surface area (TPSA) is 63.7 Å². The van der Waals surface area contributed by atoms with Crippen LogP contribution in [0.2, 0.25) is 0 Å². The van der Waals surface area contributed by atoms with Crippen LogP contribution < -0.4 is 0 Å². The highest BCUT2D eigenvalue weighted by molar-refractivity contribution is 7.89. The first-order valence-electron chi connectivity index (χ1n) is 9.47. The smallest absolute Gasteiger partial charge is 0.338 e. The number of rotatable bonds is 5. The number of esters is 1. The number of sulfonamides is 1. The molecular formula is C20H27NO4S. The Morgan fingerprint density at radius 1 is 1.04 bits per heavy atom. The van der Waals surface area contributed by atoms with Crippen LogP contribution in [0.15, 0.2) is 29.2 Å². The minimum Gasteiger partial charge on any atom is -0.462 e. The normalized spacial score (nSPS) is 32.8. The molecule has 4 fully saturated rings. The lowest BCUT2D eigenvalue weighted by atomic mass is 9.50.